The molecule has 0 radical (unpaired) electrons. The molecule has 1 N–H and O–H groups in total. The van der Waals surface area contributed by atoms with Crippen LogP contribution in [-0.4, -0.2) is 54.1 Å². The zero-order valence-electron chi connectivity index (χ0n) is 11.5. The van der Waals surface area contributed by atoms with Crippen LogP contribution in [0.15, 0.2) is 16.5 Å². The summed E-state index contributed by atoms with van der Waals surface area (Å²) in [4.78, 5) is 15.1. The number of carboxylic acid groups (broad SMARTS) is 1. The summed E-state index contributed by atoms with van der Waals surface area (Å²) in [5.41, 5.74) is 0. The molecule has 0 bridgehead atoms. The van der Waals surface area contributed by atoms with E-state index in [2.05, 4.69) is 23.6 Å². The predicted molar refractivity (Wildman–Crippen MR) is 69.8 cm³/mol. The number of hydrogen-bond donors (Lipinski definition) is 1. The van der Waals surface area contributed by atoms with Gasteiger partial charge in [0, 0.05) is 12.6 Å². The van der Waals surface area contributed by atoms with E-state index >= 15 is 0 Å². The molecule has 0 fully saturated rings. The molecule has 1 rings (SSSR count). The predicted octanol–water partition coefficient (Wildman–Crippen LogP) is 1.75. The van der Waals surface area contributed by atoms with Gasteiger partial charge in [-0.1, -0.05) is 6.92 Å². The molecule has 0 aliphatic carbocycles. The second-order valence-corrected chi connectivity index (χ2v) is 4.75. The van der Waals surface area contributed by atoms with Gasteiger partial charge in [-0.3, -0.25) is 4.90 Å². The molecule has 5 nitrogen and oxygen atoms in total. The Morgan fingerprint density at radius 1 is 1.44 bits per heavy atom. The molecule has 0 spiro atoms. The minimum Gasteiger partial charge on any atom is -0.475 e. The van der Waals surface area contributed by atoms with E-state index in [9.17, 15) is 4.79 Å². The number of hydrogen-bond acceptors (Lipinski definition) is 4. The van der Waals surface area contributed by atoms with Gasteiger partial charge in [-0.05, 0) is 39.7 Å². The van der Waals surface area contributed by atoms with Crippen LogP contribution >= 0.6 is 0 Å². The molecule has 0 aromatic carbocycles. The second kappa shape index (κ2) is 6.56. The lowest BCUT2D eigenvalue weighted by atomic mass is 10.2. The Kier molecular flexibility index (Phi) is 5.37. The van der Waals surface area contributed by atoms with Gasteiger partial charge in [0.15, 0.2) is 0 Å². The highest BCUT2D eigenvalue weighted by molar-refractivity contribution is 5.84. The number of aromatic carboxylic acids is 1. The third kappa shape index (κ3) is 4.16. The van der Waals surface area contributed by atoms with Crippen molar-refractivity contribution in [2.45, 2.75) is 26.4 Å². The fraction of sp³-hybridized carbons (Fsp3) is 0.615. The van der Waals surface area contributed by atoms with Crippen LogP contribution in [-0.2, 0) is 6.54 Å². The quantitative estimate of drug-likeness (QED) is 0.803. The van der Waals surface area contributed by atoms with Gasteiger partial charge < -0.3 is 14.4 Å². The highest BCUT2D eigenvalue weighted by Crippen LogP contribution is 2.12. The minimum absolute atomic E-state index is 0.00122. The van der Waals surface area contributed by atoms with Crippen LogP contribution in [0.4, 0.5) is 0 Å². The molecule has 5 heteroatoms. The highest BCUT2D eigenvalue weighted by atomic mass is 16.4. The first-order chi connectivity index (χ1) is 8.43. The molecule has 1 aromatic rings. The Balaban J connectivity index is 2.64. The van der Waals surface area contributed by atoms with E-state index in [0.717, 1.165) is 13.1 Å². The Bertz CT molecular complexity index is 387. The van der Waals surface area contributed by atoms with Crippen molar-refractivity contribution < 1.29 is 14.3 Å². The third-order valence-corrected chi connectivity index (χ3v) is 2.89. The van der Waals surface area contributed by atoms with Gasteiger partial charge in [0.1, 0.15) is 5.76 Å². The topological polar surface area (TPSA) is 56.9 Å². The van der Waals surface area contributed by atoms with E-state index in [0.29, 0.717) is 18.3 Å². The molecule has 0 saturated carbocycles. The molecule has 0 saturated heterocycles. The zero-order valence-corrected chi connectivity index (χ0v) is 11.5. The fourth-order valence-corrected chi connectivity index (χ4v) is 2.00. The standard InChI is InChI=1S/C13H22N2O3/c1-5-15(10(2)8-14(3)4)9-11-6-7-12(18-11)13(16)17/h6-7,10H,5,8-9H2,1-4H3,(H,16,17). The van der Waals surface area contributed by atoms with Crippen molar-refractivity contribution in [3.8, 4) is 0 Å². The molecule has 1 aromatic heterocycles. The maximum atomic E-state index is 10.7. The normalized spacial score (nSPS) is 13.2. The largest absolute Gasteiger partial charge is 0.475 e. The van der Waals surface area contributed by atoms with Gasteiger partial charge >= 0.3 is 5.97 Å². The summed E-state index contributed by atoms with van der Waals surface area (Å²) in [6, 6.07) is 3.62. The smallest absolute Gasteiger partial charge is 0.371 e. The summed E-state index contributed by atoms with van der Waals surface area (Å²) < 4.78 is 5.28. The van der Waals surface area contributed by atoms with Crippen LogP contribution in [0.25, 0.3) is 0 Å². The molecule has 102 valence electrons. The van der Waals surface area contributed by atoms with Crippen molar-refractivity contribution in [3.63, 3.8) is 0 Å². The maximum absolute atomic E-state index is 10.7. The van der Waals surface area contributed by atoms with Crippen molar-refractivity contribution >= 4 is 5.97 Å². The number of carboxylic acids is 1. The van der Waals surface area contributed by atoms with E-state index in [1.165, 1.54) is 6.07 Å². The van der Waals surface area contributed by atoms with Crippen LogP contribution in [0, 0.1) is 0 Å². The van der Waals surface area contributed by atoms with E-state index < -0.39 is 5.97 Å². The summed E-state index contributed by atoms with van der Waals surface area (Å²) in [5, 5.41) is 8.80. The molecule has 1 unspecified atom stereocenters. The first-order valence-electron chi connectivity index (χ1n) is 6.14. The number of likely N-dealkylation sites (N-methyl/N-ethyl adjacent to an activating group) is 2. The van der Waals surface area contributed by atoms with Gasteiger partial charge in [0.25, 0.3) is 0 Å². The van der Waals surface area contributed by atoms with Gasteiger partial charge in [0.2, 0.25) is 5.76 Å². The van der Waals surface area contributed by atoms with Gasteiger partial charge in [-0.2, -0.15) is 0 Å². The number of rotatable bonds is 7. The van der Waals surface area contributed by atoms with Crippen molar-refractivity contribution in [1.82, 2.24) is 9.80 Å². The average molecular weight is 254 g/mol. The molecule has 1 heterocycles. The number of nitrogens with zero attached hydrogens (tertiary/aromatic N) is 2. The van der Waals surface area contributed by atoms with Crippen LogP contribution in [0.5, 0.6) is 0 Å². The third-order valence-electron chi connectivity index (χ3n) is 2.89. The SMILES string of the molecule is CCN(Cc1ccc(C(=O)O)o1)C(C)CN(C)C. The summed E-state index contributed by atoms with van der Waals surface area (Å²) in [6.07, 6.45) is 0. The molecule has 0 aliphatic heterocycles. The maximum Gasteiger partial charge on any atom is 0.371 e. The van der Waals surface area contributed by atoms with E-state index in [-0.39, 0.29) is 5.76 Å². The van der Waals surface area contributed by atoms with E-state index in [4.69, 9.17) is 9.52 Å². The molecule has 18 heavy (non-hydrogen) atoms. The fourth-order valence-electron chi connectivity index (χ4n) is 2.00. The van der Waals surface area contributed by atoms with Crippen LogP contribution in [0.3, 0.4) is 0 Å². The molecule has 1 atom stereocenters. The lowest BCUT2D eigenvalue weighted by Crippen LogP contribution is -2.39. The minimum atomic E-state index is -1.02. The Morgan fingerprint density at radius 3 is 2.56 bits per heavy atom. The lowest BCUT2D eigenvalue weighted by molar-refractivity contribution is 0.0657. The summed E-state index contributed by atoms with van der Waals surface area (Å²) in [6.45, 7) is 6.75. The Labute approximate surface area is 108 Å². The number of furan rings is 1. The van der Waals surface area contributed by atoms with Crippen LogP contribution < -0.4 is 0 Å². The molecule has 0 amide bonds. The first-order valence-corrected chi connectivity index (χ1v) is 6.14. The van der Waals surface area contributed by atoms with Crippen molar-refractivity contribution in [2.24, 2.45) is 0 Å². The first kappa shape index (κ1) is 14.7. The summed E-state index contributed by atoms with van der Waals surface area (Å²) in [5.74, 6) is -0.327. The molecular weight excluding hydrogens is 232 g/mol. The highest BCUT2D eigenvalue weighted by Gasteiger charge is 2.16. The zero-order chi connectivity index (χ0) is 13.7. The van der Waals surface area contributed by atoms with Crippen molar-refractivity contribution in [1.29, 1.82) is 0 Å². The van der Waals surface area contributed by atoms with E-state index in [1.54, 1.807) is 6.07 Å². The second-order valence-electron chi connectivity index (χ2n) is 4.75. The van der Waals surface area contributed by atoms with Gasteiger partial charge in [-0.15, -0.1) is 0 Å². The summed E-state index contributed by atoms with van der Waals surface area (Å²) in [7, 11) is 4.08. The summed E-state index contributed by atoms with van der Waals surface area (Å²) >= 11 is 0. The molecular formula is C13H22N2O3. The van der Waals surface area contributed by atoms with Crippen LogP contribution in [0.2, 0.25) is 0 Å². The number of carbonyl (C=O) groups is 1. The van der Waals surface area contributed by atoms with Gasteiger partial charge in [-0.25, -0.2) is 4.79 Å². The van der Waals surface area contributed by atoms with Crippen LogP contribution in [0.1, 0.15) is 30.2 Å². The van der Waals surface area contributed by atoms with Crippen molar-refractivity contribution in [3.05, 3.63) is 23.7 Å². The lowest BCUT2D eigenvalue weighted by Gasteiger charge is -2.29. The van der Waals surface area contributed by atoms with Gasteiger partial charge in [0.05, 0.1) is 6.54 Å². The van der Waals surface area contributed by atoms with E-state index in [1.807, 2.05) is 14.1 Å². The Hall–Kier alpha value is -1.33. The Morgan fingerprint density at radius 2 is 2.11 bits per heavy atom. The molecule has 0 aliphatic rings. The monoisotopic (exact) mass is 254 g/mol. The van der Waals surface area contributed by atoms with Crippen molar-refractivity contribution in [2.75, 3.05) is 27.2 Å². The average Bonchev–Trinajstić information content (AvgIpc) is 2.73.